The van der Waals surface area contributed by atoms with E-state index in [4.69, 9.17) is 0 Å². The zero-order chi connectivity index (χ0) is 12.5. The summed E-state index contributed by atoms with van der Waals surface area (Å²) in [5, 5.41) is 10.0. The van der Waals surface area contributed by atoms with E-state index in [-0.39, 0.29) is 5.91 Å². The summed E-state index contributed by atoms with van der Waals surface area (Å²) in [6.07, 6.45) is 1.84. The molecule has 1 heterocycles. The molecule has 0 fully saturated rings. The fourth-order valence-electron chi connectivity index (χ4n) is 2.50. The molecule has 1 aromatic carbocycles. The summed E-state index contributed by atoms with van der Waals surface area (Å²) in [7, 11) is 0. The van der Waals surface area contributed by atoms with Gasteiger partial charge in [0.1, 0.15) is 5.69 Å². The third-order valence-electron chi connectivity index (χ3n) is 3.35. The standard InChI is InChI=1S/C14H15N3O/c1-2-15-14(18)13-11-8-7-9-5-3-4-6-10(9)12(11)16-17-13/h3-6H,2,7-8H2,1H3,(H,15,18)(H,16,17). The number of hydrogen-bond donors (Lipinski definition) is 2. The Labute approximate surface area is 105 Å². The highest BCUT2D eigenvalue weighted by Gasteiger charge is 2.24. The number of aryl methyl sites for hydroxylation is 1. The van der Waals surface area contributed by atoms with Crippen LogP contribution in [-0.4, -0.2) is 22.6 Å². The maximum Gasteiger partial charge on any atom is 0.269 e. The molecule has 0 saturated heterocycles. The van der Waals surface area contributed by atoms with Crippen LogP contribution < -0.4 is 5.32 Å². The van der Waals surface area contributed by atoms with Crippen molar-refractivity contribution in [2.75, 3.05) is 6.54 Å². The summed E-state index contributed by atoms with van der Waals surface area (Å²) >= 11 is 0. The van der Waals surface area contributed by atoms with Crippen molar-refractivity contribution in [1.82, 2.24) is 15.5 Å². The number of benzene rings is 1. The zero-order valence-corrected chi connectivity index (χ0v) is 10.3. The van der Waals surface area contributed by atoms with E-state index in [9.17, 15) is 4.79 Å². The lowest BCUT2D eigenvalue weighted by molar-refractivity contribution is 0.0950. The van der Waals surface area contributed by atoms with Gasteiger partial charge < -0.3 is 5.32 Å². The minimum atomic E-state index is -0.0642. The number of amides is 1. The van der Waals surface area contributed by atoms with E-state index in [1.54, 1.807) is 0 Å². The molecule has 4 heteroatoms. The van der Waals surface area contributed by atoms with E-state index in [1.165, 1.54) is 5.56 Å². The van der Waals surface area contributed by atoms with Gasteiger partial charge in [-0.15, -0.1) is 0 Å². The van der Waals surface area contributed by atoms with Crippen LogP contribution in [0.5, 0.6) is 0 Å². The van der Waals surface area contributed by atoms with E-state index < -0.39 is 0 Å². The number of hydrogen-bond acceptors (Lipinski definition) is 2. The summed E-state index contributed by atoms with van der Waals surface area (Å²) in [5.74, 6) is -0.0642. The van der Waals surface area contributed by atoms with Crippen molar-refractivity contribution < 1.29 is 4.79 Å². The number of H-pyrrole nitrogens is 1. The first-order chi connectivity index (χ1) is 8.81. The molecule has 0 atom stereocenters. The Bertz CT molecular complexity index is 601. The number of fused-ring (bicyclic) bond motifs is 3. The molecule has 1 aliphatic carbocycles. The number of aromatic amines is 1. The van der Waals surface area contributed by atoms with Gasteiger partial charge in [-0.1, -0.05) is 24.3 Å². The van der Waals surface area contributed by atoms with Gasteiger partial charge in [0.2, 0.25) is 0 Å². The van der Waals surface area contributed by atoms with Crippen LogP contribution in [0.25, 0.3) is 11.3 Å². The lowest BCUT2D eigenvalue weighted by Crippen LogP contribution is -2.24. The van der Waals surface area contributed by atoms with Gasteiger partial charge in [0.05, 0.1) is 5.69 Å². The molecular weight excluding hydrogens is 226 g/mol. The Hall–Kier alpha value is -2.10. The summed E-state index contributed by atoms with van der Waals surface area (Å²) in [5.41, 5.74) is 5.03. The van der Waals surface area contributed by atoms with Gasteiger partial charge in [-0.25, -0.2) is 0 Å². The van der Waals surface area contributed by atoms with Gasteiger partial charge in [-0.2, -0.15) is 5.10 Å². The largest absolute Gasteiger partial charge is 0.351 e. The van der Waals surface area contributed by atoms with Gasteiger partial charge in [0.15, 0.2) is 0 Å². The first-order valence-corrected chi connectivity index (χ1v) is 6.25. The number of nitrogens with zero attached hydrogens (tertiary/aromatic N) is 1. The summed E-state index contributed by atoms with van der Waals surface area (Å²) in [6, 6.07) is 8.24. The highest BCUT2D eigenvalue weighted by atomic mass is 16.1. The average Bonchev–Trinajstić information content (AvgIpc) is 2.83. The second-order valence-electron chi connectivity index (χ2n) is 4.44. The van der Waals surface area contributed by atoms with E-state index in [1.807, 2.05) is 19.1 Å². The normalized spacial score (nSPS) is 12.7. The third-order valence-corrected chi connectivity index (χ3v) is 3.35. The van der Waals surface area contributed by atoms with E-state index in [2.05, 4.69) is 27.6 Å². The van der Waals surface area contributed by atoms with Crippen molar-refractivity contribution >= 4 is 5.91 Å². The third kappa shape index (κ3) is 1.61. The Kier molecular flexibility index (Phi) is 2.63. The monoisotopic (exact) mass is 241 g/mol. The van der Waals surface area contributed by atoms with Crippen LogP contribution in [-0.2, 0) is 12.8 Å². The predicted octanol–water partition coefficient (Wildman–Crippen LogP) is 1.93. The van der Waals surface area contributed by atoms with Crippen LogP contribution in [0.3, 0.4) is 0 Å². The van der Waals surface area contributed by atoms with Crippen molar-refractivity contribution in [3.05, 3.63) is 41.1 Å². The van der Waals surface area contributed by atoms with Gasteiger partial charge in [0.25, 0.3) is 5.91 Å². The van der Waals surface area contributed by atoms with Gasteiger partial charge in [0, 0.05) is 17.7 Å². The smallest absolute Gasteiger partial charge is 0.269 e. The first kappa shape index (κ1) is 11.0. The quantitative estimate of drug-likeness (QED) is 0.844. The topological polar surface area (TPSA) is 57.8 Å². The molecule has 2 N–H and O–H groups in total. The van der Waals surface area contributed by atoms with Crippen LogP contribution >= 0.6 is 0 Å². The molecule has 4 nitrogen and oxygen atoms in total. The molecule has 0 aliphatic heterocycles. The second-order valence-corrected chi connectivity index (χ2v) is 4.44. The molecule has 0 radical (unpaired) electrons. The Balaban J connectivity index is 2.07. The molecule has 2 aromatic rings. The molecule has 0 saturated carbocycles. The fourth-order valence-corrected chi connectivity index (χ4v) is 2.50. The average molecular weight is 241 g/mol. The molecule has 1 aliphatic rings. The van der Waals surface area contributed by atoms with Gasteiger partial charge in [-0.3, -0.25) is 9.89 Å². The van der Waals surface area contributed by atoms with E-state index >= 15 is 0 Å². The molecule has 1 aromatic heterocycles. The van der Waals surface area contributed by atoms with Crippen LogP contribution in [0.15, 0.2) is 24.3 Å². The molecule has 3 rings (SSSR count). The maximum absolute atomic E-state index is 11.9. The van der Waals surface area contributed by atoms with Crippen LogP contribution in [0.4, 0.5) is 0 Å². The SMILES string of the molecule is CCNC(=O)c1[nH]nc2c1CCc1ccccc1-2. The number of aromatic nitrogens is 2. The molecule has 0 unspecified atom stereocenters. The number of carbonyl (C=O) groups excluding carboxylic acids is 1. The second kappa shape index (κ2) is 4.29. The number of nitrogens with one attached hydrogen (secondary N) is 2. The molecule has 18 heavy (non-hydrogen) atoms. The zero-order valence-electron chi connectivity index (χ0n) is 10.3. The Morgan fingerprint density at radius 2 is 2.22 bits per heavy atom. The van der Waals surface area contributed by atoms with Crippen molar-refractivity contribution in [2.45, 2.75) is 19.8 Å². The van der Waals surface area contributed by atoms with Crippen molar-refractivity contribution in [3.63, 3.8) is 0 Å². The summed E-state index contributed by atoms with van der Waals surface area (Å²) < 4.78 is 0. The van der Waals surface area contributed by atoms with Gasteiger partial charge >= 0.3 is 0 Å². The van der Waals surface area contributed by atoms with Crippen molar-refractivity contribution in [1.29, 1.82) is 0 Å². The van der Waals surface area contributed by atoms with Crippen LogP contribution in [0.2, 0.25) is 0 Å². The van der Waals surface area contributed by atoms with Crippen LogP contribution in [0, 0.1) is 0 Å². The van der Waals surface area contributed by atoms with Crippen LogP contribution in [0.1, 0.15) is 28.5 Å². The highest BCUT2D eigenvalue weighted by Crippen LogP contribution is 2.33. The Morgan fingerprint density at radius 1 is 1.39 bits per heavy atom. The summed E-state index contributed by atoms with van der Waals surface area (Å²) in [4.78, 5) is 11.9. The molecule has 0 spiro atoms. The van der Waals surface area contributed by atoms with E-state index in [0.29, 0.717) is 12.2 Å². The molecular formula is C14H15N3O. The van der Waals surface area contributed by atoms with Crippen molar-refractivity contribution in [2.24, 2.45) is 0 Å². The molecule has 0 bridgehead atoms. The first-order valence-electron chi connectivity index (χ1n) is 6.25. The number of carbonyl (C=O) groups is 1. The minimum Gasteiger partial charge on any atom is -0.351 e. The molecule has 92 valence electrons. The lowest BCUT2D eigenvalue weighted by atomic mass is 9.89. The maximum atomic E-state index is 11.9. The lowest BCUT2D eigenvalue weighted by Gasteiger charge is -2.15. The highest BCUT2D eigenvalue weighted by molar-refractivity contribution is 5.95. The fraction of sp³-hybridized carbons (Fsp3) is 0.286. The van der Waals surface area contributed by atoms with E-state index in [0.717, 1.165) is 29.7 Å². The predicted molar refractivity (Wildman–Crippen MR) is 69.4 cm³/mol. The van der Waals surface area contributed by atoms with Gasteiger partial charge in [-0.05, 0) is 25.3 Å². The Morgan fingerprint density at radius 3 is 3.06 bits per heavy atom. The minimum absolute atomic E-state index is 0.0642. The number of rotatable bonds is 2. The molecule has 1 amide bonds. The van der Waals surface area contributed by atoms with Crippen molar-refractivity contribution in [3.8, 4) is 11.3 Å². The summed E-state index contributed by atoms with van der Waals surface area (Å²) in [6.45, 7) is 2.54.